The van der Waals surface area contributed by atoms with Gasteiger partial charge >= 0.3 is 11.9 Å². The molecule has 2 atom stereocenters. The average molecular weight is 588 g/mol. The number of carbonyl (C=O) groups is 2. The second-order valence-electron chi connectivity index (χ2n) is 9.91. The number of nitrogens with zero attached hydrogens (tertiary/aromatic N) is 5. The summed E-state index contributed by atoms with van der Waals surface area (Å²) in [4.78, 5) is 42.1. The van der Waals surface area contributed by atoms with Gasteiger partial charge in [-0.15, -0.1) is 0 Å². The number of halogens is 2. The Hall–Kier alpha value is -5.46. The standard InChI is InChI=1S/C30H23F2N5O6/c1-2-42-29(38)18-5-10-25-23(13-18)28-33-27(11-12-36(28)34-25)35-16-21(15-26(35)22-14-19(31)6-9-24(22)32)43-30(39)17-3-7-20(8-4-17)37(40)41/h3-14,21,26H,2,15-16H2,1H3/t21-,26?/m0/s1. The molecule has 11 nitrogen and oxygen atoms in total. The van der Waals surface area contributed by atoms with E-state index in [0.29, 0.717) is 27.9 Å². The monoisotopic (exact) mass is 587 g/mol. The fourth-order valence-electron chi connectivity index (χ4n) is 5.23. The second-order valence-corrected chi connectivity index (χ2v) is 9.91. The van der Waals surface area contributed by atoms with Crippen LogP contribution in [0, 0.1) is 21.7 Å². The first-order valence-electron chi connectivity index (χ1n) is 13.3. The van der Waals surface area contributed by atoms with Crippen molar-refractivity contribution >= 4 is 40.0 Å². The van der Waals surface area contributed by atoms with Crippen molar-refractivity contribution in [2.24, 2.45) is 0 Å². The number of nitro groups is 1. The van der Waals surface area contributed by atoms with Crippen molar-refractivity contribution in [1.82, 2.24) is 14.6 Å². The topological polar surface area (TPSA) is 129 Å². The molecule has 1 fully saturated rings. The molecule has 3 aromatic carbocycles. The fraction of sp³-hybridized carbons (Fsp3) is 0.200. The van der Waals surface area contributed by atoms with Gasteiger partial charge in [0.25, 0.3) is 5.69 Å². The van der Waals surface area contributed by atoms with Crippen molar-refractivity contribution in [2.45, 2.75) is 25.5 Å². The summed E-state index contributed by atoms with van der Waals surface area (Å²) in [6, 6.07) is 14.0. The van der Waals surface area contributed by atoms with Crippen molar-refractivity contribution in [3.8, 4) is 0 Å². The van der Waals surface area contributed by atoms with Crippen LogP contribution in [0.3, 0.4) is 0 Å². The number of ether oxygens (including phenoxy) is 2. The van der Waals surface area contributed by atoms with Gasteiger partial charge in [0.2, 0.25) is 0 Å². The van der Waals surface area contributed by atoms with Gasteiger partial charge in [0.05, 0.1) is 40.8 Å². The van der Waals surface area contributed by atoms with E-state index < -0.39 is 40.6 Å². The Morgan fingerprint density at radius 1 is 1.02 bits per heavy atom. The molecular weight excluding hydrogens is 564 g/mol. The number of hydrogen-bond acceptors (Lipinski definition) is 9. The third kappa shape index (κ3) is 5.32. The fourth-order valence-corrected chi connectivity index (χ4v) is 5.23. The van der Waals surface area contributed by atoms with E-state index in [4.69, 9.17) is 14.5 Å². The summed E-state index contributed by atoms with van der Waals surface area (Å²) in [6.45, 7) is 2.03. The Morgan fingerprint density at radius 3 is 2.53 bits per heavy atom. The largest absolute Gasteiger partial charge is 0.462 e. The van der Waals surface area contributed by atoms with Gasteiger partial charge in [-0.2, -0.15) is 5.10 Å². The Labute approximate surface area is 242 Å². The van der Waals surface area contributed by atoms with Crippen LogP contribution < -0.4 is 4.90 Å². The van der Waals surface area contributed by atoms with Gasteiger partial charge in [-0.1, -0.05) is 0 Å². The smallest absolute Gasteiger partial charge is 0.338 e. The summed E-state index contributed by atoms with van der Waals surface area (Å²) in [5.41, 5.74) is 1.34. The molecule has 0 aliphatic carbocycles. The molecule has 0 bridgehead atoms. The lowest BCUT2D eigenvalue weighted by Gasteiger charge is -2.26. The molecule has 0 spiro atoms. The molecule has 6 rings (SSSR count). The number of benzene rings is 3. The first kappa shape index (κ1) is 27.7. The maximum Gasteiger partial charge on any atom is 0.338 e. The van der Waals surface area contributed by atoms with Crippen molar-refractivity contribution in [3.05, 3.63) is 111 Å². The maximum absolute atomic E-state index is 15.0. The average Bonchev–Trinajstić information content (AvgIpc) is 3.59. The summed E-state index contributed by atoms with van der Waals surface area (Å²) in [7, 11) is 0. The SMILES string of the molecule is CCOC(=O)c1ccc2nn3ccc(N4C[C@@H](OC(=O)c5ccc([N+](=O)[O-])cc5)CC4c4cc(F)ccc4F)nc3c2c1. The number of aromatic nitrogens is 3. The second kappa shape index (κ2) is 11.1. The minimum absolute atomic E-state index is 0.0681. The third-order valence-corrected chi connectivity index (χ3v) is 7.23. The lowest BCUT2D eigenvalue weighted by molar-refractivity contribution is -0.384. The zero-order valence-corrected chi connectivity index (χ0v) is 22.6. The summed E-state index contributed by atoms with van der Waals surface area (Å²) in [5, 5.41) is 16.0. The molecule has 2 aromatic heterocycles. The molecule has 43 heavy (non-hydrogen) atoms. The first-order chi connectivity index (χ1) is 20.7. The lowest BCUT2D eigenvalue weighted by atomic mass is 10.0. The van der Waals surface area contributed by atoms with Gasteiger partial charge in [0.15, 0.2) is 5.65 Å². The van der Waals surface area contributed by atoms with Gasteiger partial charge in [-0.25, -0.2) is 27.9 Å². The number of non-ortho nitro benzene ring substituents is 1. The van der Waals surface area contributed by atoms with E-state index in [1.807, 2.05) is 0 Å². The molecule has 1 aliphatic rings. The number of fused-ring (bicyclic) bond motifs is 3. The van der Waals surface area contributed by atoms with Gasteiger partial charge in [0, 0.05) is 35.7 Å². The van der Waals surface area contributed by atoms with E-state index >= 15 is 4.39 Å². The maximum atomic E-state index is 15.0. The Bertz CT molecular complexity index is 1890. The van der Waals surface area contributed by atoms with E-state index in [9.17, 15) is 24.1 Å². The number of carbonyl (C=O) groups excluding carboxylic acids is 2. The molecule has 1 saturated heterocycles. The molecule has 3 heterocycles. The van der Waals surface area contributed by atoms with E-state index in [-0.39, 0.29) is 36.4 Å². The van der Waals surface area contributed by atoms with Crippen LogP contribution in [-0.4, -0.2) is 50.7 Å². The normalized spacial score (nSPS) is 16.5. The summed E-state index contributed by atoms with van der Waals surface area (Å²) in [6.07, 6.45) is 1.04. The molecule has 0 N–H and O–H groups in total. The third-order valence-electron chi connectivity index (χ3n) is 7.23. The Morgan fingerprint density at radius 2 is 1.79 bits per heavy atom. The molecule has 218 valence electrons. The molecule has 0 saturated carbocycles. The number of rotatable bonds is 7. The van der Waals surface area contributed by atoms with Crippen LogP contribution in [-0.2, 0) is 9.47 Å². The zero-order chi connectivity index (χ0) is 30.2. The van der Waals surface area contributed by atoms with Crippen molar-refractivity contribution < 1.29 is 32.8 Å². The minimum atomic E-state index is -0.746. The van der Waals surface area contributed by atoms with Gasteiger partial charge in [-0.3, -0.25) is 10.1 Å². The number of nitro benzene ring substituents is 1. The molecule has 1 unspecified atom stereocenters. The van der Waals surface area contributed by atoms with Crippen LogP contribution in [0.4, 0.5) is 20.3 Å². The molecule has 13 heteroatoms. The Kier molecular flexibility index (Phi) is 7.14. The van der Waals surface area contributed by atoms with E-state index in [0.717, 1.165) is 18.2 Å². The molecule has 1 aliphatic heterocycles. The van der Waals surface area contributed by atoms with Crippen LogP contribution in [0.25, 0.3) is 16.6 Å². The van der Waals surface area contributed by atoms with Crippen LogP contribution in [0.2, 0.25) is 0 Å². The predicted molar refractivity (Wildman–Crippen MR) is 150 cm³/mol. The highest BCUT2D eigenvalue weighted by Crippen LogP contribution is 2.39. The van der Waals surface area contributed by atoms with Gasteiger partial charge < -0.3 is 14.4 Å². The summed E-state index contributed by atoms with van der Waals surface area (Å²) in [5.74, 6) is -2.07. The minimum Gasteiger partial charge on any atom is -0.462 e. The highest BCUT2D eigenvalue weighted by atomic mass is 19.1. The van der Waals surface area contributed by atoms with E-state index in [1.165, 1.54) is 24.3 Å². The van der Waals surface area contributed by atoms with Crippen LogP contribution in [0.5, 0.6) is 0 Å². The van der Waals surface area contributed by atoms with Gasteiger partial charge in [-0.05, 0) is 61.5 Å². The predicted octanol–water partition coefficient (Wildman–Crippen LogP) is 5.42. The number of esters is 2. The van der Waals surface area contributed by atoms with Crippen molar-refractivity contribution in [3.63, 3.8) is 0 Å². The highest BCUT2D eigenvalue weighted by Gasteiger charge is 2.38. The molecule has 0 amide bonds. The van der Waals surface area contributed by atoms with E-state index in [2.05, 4.69) is 5.10 Å². The van der Waals surface area contributed by atoms with Crippen molar-refractivity contribution in [2.75, 3.05) is 18.1 Å². The zero-order valence-electron chi connectivity index (χ0n) is 22.6. The summed E-state index contributed by atoms with van der Waals surface area (Å²) >= 11 is 0. The molecular formula is C30H23F2N5O6. The molecule has 5 aromatic rings. The summed E-state index contributed by atoms with van der Waals surface area (Å²) < 4.78 is 41.7. The Balaban J connectivity index is 1.36. The highest BCUT2D eigenvalue weighted by molar-refractivity contribution is 5.99. The number of anilines is 1. The van der Waals surface area contributed by atoms with Gasteiger partial charge in [0.1, 0.15) is 23.6 Å². The first-order valence-corrected chi connectivity index (χ1v) is 13.3. The van der Waals surface area contributed by atoms with Crippen molar-refractivity contribution in [1.29, 1.82) is 0 Å². The quantitative estimate of drug-likeness (QED) is 0.139. The van der Waals surface area contributed by atoms with Crippen LogP contribution in [0.15, 0.2) is 72.9 Å². The molecule has 0 radical (unpaired) electrons. The van der Waals surface area contributed by atoms with Crippen LogP contribution >= 0.6 is 0 Å². The number of hydrogen-bond donors (Lipinski definition) is 0. The lowest BCUT2D eigenvalue weighted by Crippen LogP contribution is -2.27. The van der Waals surface area contributed by atoms with E-state index in [1.54, 1.807) is 46.8 Å². The van der Waals surface area contributed by atoms with Crippen LogP contribution in [0.1, 0.15) is 45.7 Å².